The molecule has 1 aromatic rings. The van der Waals surface area contributed by atoms with Gasteiger partial charge in [0, 0.05) is 20.3 Å². The Hall–Kier alpha value is -1.59. The molecule has 1 aromatic carbocycles. The summed E-state index contributed by atoms with van der Waals surface area (Å²) in [4.78, 5) is 11.6. The number of nitrogens with two attached hydrogens (primary N) is 1. The van der Waals surface area contributed by atoms with E-state index >= 15 is 0 Å². The Bertz CT molecular complexity index is 396. The van der Waals surface area contributed by atoms with Crippen molar-refractivity contribution in [2.45, 2.75) is 18.9 Å². The fraction of sp³-hybridized carbons (Fsp3) is 0.500. The zero-order chi connectivity index (χ0) is 14.1. The van der Waals surface area contributed by atoms with Crippen LogP contribution in [0.1, 0.15) is 12.0 Å². The molecule has 0 spiro atoms. The summed E-state index contributed by atoms with van der Waals surface area (Å²) in [6.45, 7) is 1.05. The Morgan fingerprint density at radius 3 is 2.89 bits per heavy atom. The first-order chi connectivity index (χ1) is 9.17. The van der Waals surface area contributed by atoms with Crippen molar-refractivity contribution in [3.63, 3.8) is 0 Å². The molecule has 1 amide bonds. The number of hydrogen-bond donors (Lipinski definition) is 2. The van der Waals surface area contributed by atoms with E-state index in [1.807, 2.05) is 24.3 Å². The molecule has 0 aliphatic carbocycles. The third-order valence-electron chi connectivity index (χ3n) is 2.82. The van der Waals surface area contributed by atoms with Crippen LogP contribution >= 0.6 is 0 Å². The summed E-state index contributed by atoms with van der Waals surface area (Å²) < 4.78 is 10.0. The van der Waals surface area contributed by atoms with Crippen molar-refractivity contribution in [1.82, 2.24) is 5.32 Å². The second-order valence-corrected chi connectivity index (χ2v) is 4.28. The van der Waals surface area contributed by atoms with Crippen molar-refractivity contribution in [3.05, 3.63) is 29.8 Å². The molecule has 1 atom stereocenters. The average Bonchev–Trinajstić information content (AvgIpc) is 2.44. The Labute approximate surface area is 114 Å². The summed E-state index contributed by atoms with van der Waals surface area (Å²) in [6.07, 6.45) is 1.28. The summed E-state index contributed by atoms with van der Waals surface area (Å²) in [6, 6.07) is 7.27. The van der Waals surface area contributed by atoms with Crippen LogP contribution in [0, 0.1) is 0 Å². The Kier molecular flexibility index (Phi) is 6.92. The minimum absolute atomic E-state index is 0.139. The molecule has 1 unspecified atom stereocenters. The fourth-order valence-electron chi connectivity index (χ4n) is 1.67. The number of nitrogens with one attached hydrogen (secondary N) is 1. The van der Waals surface area contributed by atoms with Gasteiger partial charge in [0.2, 0.25) is 5.91 Å². The van der Waals surface area contributed by atoms with Gasteiger partial charge in [-0.15, -0.1) is 0 Å². The monoisotopic (exact) mass is 266 g/mol. The Morgan fingerprint density at radius 2 is 2.21 bits per heavy atom. The Morgan fingerprint density at radius 1 is 1.42 bits per heavy atom. The maximum Gasteiger partial charge on any atom is 0.237 e. The molecule has 0 heterocycles. The van der Waals surface area contributed by atoms with Crippen LogP contribution in [0.2, 0.25) is 0 Å². The second-order valence-electron chi connectivity index (χ2n) is 4.28. The van der Waals surface area contributed by atoms with Gasteiger partial charge in [-0.25, -0.2) is 0 Å². The van der Waals surface area contributed by atoms with E-state index in [-0.39, 0.29) is 5.91 Å². The van der Waals surface area contributed by atoms with Crippen molar-refractivity contribution in [1.29, 1.82) is 0 Å². The van der Waals surface area contributed by atoms with E-state index in [4.69, 9.17) is 15.2 Å². The third kappa shape index (κ3) is 5.72. The minimum atomic E-state index is -0.509. The number of methoxy groups -OCH3 is 2. The molecular weight excluding hydrogens is 244 g/mol. The van der Waals surface area contributed by atoms with Crippen molar-refractivity contribution < 1.29 is 14.3 Å². The van der Waals surface area contributed by atoms with E-state index in [0.29, 0.717) is 19.6 Å². The number of amides is 1. The lowest BCUT2D eigenvalue weighted by Crippen LogP contribution is -2.41. The van der Waals surface area contributed by atoms with Gasteiger partial charge in [0.05, 0.1) is 13.2 Å². The molecule has 0 fully saturated rings. The van der Waals surface area contributed by atoms with Gasteiger partial charge in [-0.05, 0) is 30.5 Å². The second kappa shape index (κ2) is 8.50. The van der Waals surface area contributed by atoms with Gasteiger partial charge in [0.1, 0.15) is 5.75 Å². The first-order valence-electron chi connectivity index (χ1n) is 6.32. The van der Waals surface area contributed by atoms with Crippen LogP contribution in [-0.2, 0) is 16.0 Å². The number of rotatable bonds is 8. The average molecular weight is 266 g/mol. The lowest BCUT2D eigenvalue weighted by atomic mass is 10.1. The van der Waals surface area contributed by atoms with Crippen LogP contribution < -0.4 is 15.8 Å². The third-order valence-corrected chi connectivity index (χ3v) is 2.82. The topological polar surface area (TPSA) is 73.6 Å². The van der Waals surface area contributed by atoms with Crippen molar-refractivity contribution in [3.8, 4) is 5.75 Å². The van der Waals surface area contributed by atoms with Gasteiger partial charge in [0.15, 0.2) is 0 Å². The van der Waals surface area contributed by atoms with Gasteiger partial charge < -0.3 is 20.5 Å². The highest BCUT2D eigenvalue weighted by Gasteiger charge is 2.11. The predicted molar refractivity (Wildman–Crippen MR) is 74.2 cm³/mol. The molecule has 0 aliphatic heterocycles. The Balaban J connectivity index is 2.31. The summed E-state index contributed by atoms with van der Waals surface area (Å²) in [5.74, 6) is 0.681. The maximum absolute atomic E-state index is 11.6. The number of ether oxygens (including phenoxy) is 2. The highest BCUT2D eigenvalue weighted by molar-refractivity contribution is 5.81. The quantitative estimate of drug-likeness (QED) is 0.727. The van der Waals surface area contributed by atoms with Crippen molar-refractivity contribution in [2.75, 3.05) is 27.4 Å². The minimum Gasteiger partial charge on any atom is -0.497 e. The summed E-state index contributed by atoms with van der Waals surface area (Å²) in [5, 5.41) is 2.82. The molecule has 5 nitrogen and oxygen atoms in total. The van der Waals surface area contributed by atoms with Crippen LogP contribution in [0.3, 0.4) is 0 Å². The fourth-order valence-corrected chi connectivity index (χ4v) is 1.67. The van der Waals surface area contributed by atoms with E-state index in [0.717, 1.165) is 17.7 Å². The molecule has 0 bridgehead atoms. The SMILES string of the molecule is COCCC(N)C(=O)NCCc1cccc(OC)c1. The van der Waals surface area contributed by atoms with Crippen LogP contribution in [0.25, 0.3) is 0 Å². The molecule has 0 saturated carbocycles. The summed E-state index contributed by atoms with van der Waals surface area (Å²) in [7, 11) is 3.23. The lowest BCUT2D eigenvalue weighted by molar-refractivity contribution is -0.122. The van der Waals surface area contributed by atoms with Crippen LogP contribution in [0.5, 0.6) is 5.75 Å². The largest absolute Gasteiger partial charge is 0.497 e. The molecule has 19 heavy (non-hydrogen) atoms. The first kappa shape index (κ1) is 15.5. The zero-order valence-corrected chi connectivity index (χ0v) is 11.5. The summed E-state index contributed by atoms with van der Waals surface area (Å²) in [5.41, 5.74) is 6.83. The van der Waals surface area contributed by atoms with Gasteiger partial charge in [-0.2, -0.15) is 0 Å². The molecule has 106 valence electrons. The van der Waals surface area contributed by atoms with Gasteiger partial charge in [0.25, 0.3) is 0 Å². The molecular formula is C14H22N2O3. The predicted octanol–water partition coefficient (Wildman–Crippen LogP) is 0.718. The van der Waals surface area contributed by atoms with E-state index in [2.05, 4.69) is 5.32 Å². The molecule has 3 N–H and O–H groups in total. The van der Waals surface area contributed by atoms with E-state index < -0.39 is 6.04 Å². The molecule has 1 rings (SSSR count). The van der Waals surface area contributed by atoms with Crippen LogP contribution in [0.4, 0.5) is 0 Å². The van der Waals surface area contributed by atoms with Crippen LogP contribution in [0.15, 0.2) is 24.3 Å². The van der Waals surface area contributed by atoms with Crippen molar-refractivity contribution >= 4 is 5.91 Å². The molecule has 0 saturated heterocycles. The summed E-state index contributed by atoms with van der Waals surface area (Å²) >= 11 is 0. The number of carbonyl (C=O) groups is 1. The zero-order valence-electron chi connectivity index (χ0n) is 11.5. The van der Waals surface area contributed by atoms with Gasteiger partial charge in [-0.1, -0.05) is 12.1 Å². The van der Waals surface area contributed by atoms with Crippen LogP contribution in [-0.4, -0.2) is 39.3 Å². The molecule has 0 aromatic heterocycles. The molecule has 0 aliphatic rings. The van der Waals surface area contributed by atoms with E-state index in [9.17, 15) is 4.79 Å². The molecule has 5 heteroatoms. The lowest BCUT2D eigenvalue weighted by Gasteiger charge is -2.11. The first-order valence-corrected chi connectivity index (χ1v) is 6.32. The standard InChI is InChI=1S/C14H22N2O3/c1-18-9-7-13(15)14(17)16-8-6-11-4-3-5-12(10-11)19-2/h3-5,10,13H,6-9,15H2,1-2H3,(H,16,17). The number of carbonyl (C=O) groups excluding carboxylic acids is 1. The van der Waals surface area contributed by atoms with Gasteiger partial charge >= 0.3 is 0 Å². The number of hydrogen-bond acceptors (Lipinski definition) is 4. The maximum atomic E-state index is 11.6. The highest BCUT2D eigenvalue weighted by Crippen LogP contribution is 2.12. The normalized spacial score (nSPS) is 11.9. The number of benzene rings is 1. The highest BCUT2D eigenvalue weighted by atomic mass is 16.5. The van der Waals surface area contributed by atoms with Crippen molar-refractivity contribution in [2.24, 2.45) is 5.73 Å². The van der Waals surface area contributed by atoms with E-state index in [1.165, 1.54) is 0 Å². The van der Waals surface area contributed by atoms with E-state index in [1.54, 1.807) is 14.2 Å². The van der Waals surface area contributed by atoms with Gasteiger partial charge in [-0.3, -0.25) is 4.79 Å². The molecule has 0 radical (unpaired) electrons. The smallest absolute Gasteiger partial charge is 0.237 e.